The van der Waals surface area contributed by atoms with E-state index < -0.39 is 0 Å². The number of benzene rings is 1. The molecule has 4 N–H and O–H groups in total. The normalized spacial score (nSPS) is 13.6. The molecule has 0 saturated carbocycles. The van der Waals surface area contributed by atoms with E-state index in [2.05, 4.69) is 54.9 Å². The van der Waals surface area contributed by atoms with E-state index in [1.165, 1.54) is 24.8 Å². The molecule has 3 nitrogen and oxygen atoms in total. The smallest absolute Gasteiger partial charge is 0.151 e. The van der Waals surface area contributed by atoms with Crippen LogP contribution in [0.5, 0.6) is 0 Å². The predicted octanol–water partition coefficient (Wildman–Crippen LogP) is 4.54. The minimum absolute atomic E-state index is 0. The molecule has 1 rings (SSSR count). The number of nitrogens with two attached hydrogens (primary N) is 2. The van der Waals surface area contributed by atoms with Gasteiger partial charge in [0.1, 0.15) is 0 Å². The van der Waals surface area contributed by atoms with Crippen molar-refractivity contribution in [2.45, 2.75) is 51.5 Å². The van der Waals surface area contributed by atoms with Crippen molar-refractivity contribution in [2.75, 3.05) is 6.54 Å². The Kier molecular flexibility index (Phi) is 17.0. The molecule has 0 fully saturated rings. The summed E-state index contributed by atoms with van der Waals surface area (Å²) >= 11 is 4.04. The molecule has 134 valence electrons. The maximum absolute atomic E-state index is 5.76. The summed E-state index contributed by atoms with van der Waals surface area (Å²) in [6, 6.07) is 10.8. The first-order valence-corrected chi connectivity index (χ1v) is 8.36. The van der Waals surface area contributed by atoms with Crippen molar-refractivity contribution in [3.63, 3.8) is 0 Å². The topological polar surface area (TPSA) is 64.4 Å². The van der Waals surface area contributed by atoms with Crippen LogP contribution in [0.2, 0.25) is 0 Å². The summed E-state index contributed by atoms with van der Waals surface area (Å²) < 4.78 is 0. The Morgan fingerprint density at radius 1 is 1.13 bits per heavy atom. The largest absolute Gasteiger partial charge is 0.379 e. The summed E-state index contributed by atoms with van der Waals surface area (Å²) in [6.07, 6.45) is 7.05. The van der Waals surface area contributed by atoms with Gasteiger partial charge in [0.05, 0.1) is 6.04 Å². The quantitative estimate of drug-likeness (QED) is 0.268. The van der Waals surface area contributed by atoms with Crippen LogP contribution in [0, 0.1) is 5.92 Å². The van der Waals surface area contributed by atoms with Crippen molar-refractivity contribution in [3.05, 3.63) is 35.9 Å². The highest BCUT2D eigenvalue weighted by Crippen LogP contribution is 2.21. The monoisotopic (exact) mass is 467 g/mol. The van der Waals surface area contributed by atoms with Crippen molar-refractivity contribution in [3.8, 4) is 0 Å². The van der Waals surface area contributed by atoms with Crippen LogP contribution in [-0.4, -0.2) is 17.8 Å². The third-order valence-electron chi connectivity index (χ3n) is 3.83. The summed E-state index contributed by atoms with van der Waals surface area (Å²) in [5, 5.41) is 0.332. The Labute approximate surface area is 167 Å². The molecule has 0 aliphatic carbocycles. The summed E-state index contributed by atoms with van der Waals surface area (Å²) in [5.74, 6) is 0.692. The number of nitrogens with zero attached hydrogens (tertiary/aromatic N) is 1. The van der Waals surface area contributed by atoms with Crippen LogP contribution >= 0.6 is 46.6 Å². The lowest BCUT2D eigenvalue weighted by atomic mass is 9.89. The van der Waals surface area contributed by atoms with Crippen LogP contribution in [0.15, 0.2) is 35.3 Å². The van der Waals surface area contributed by atoms with Crippen molar-refractivity contribution in [2.24, 2.45) is 22.4 Å². The Hall–Kier alpha value is -0.0400. The van der Waals surface area contributed by atoms with Gasteiger partial charge in [-0.1, -0.05) is 56.5 Å². The lowest BCUT2D eigenvalue weighted by Gasteiger charge is -2.19. The summed E-state index contributed by atoms with van der Waals surface area (Å²) in [6.45, 7) is 2.78. The van der Waals surface area contributed by atoms with Gasteiger partial charge in [0.25, 0.3) is 0 Å². The molecule has 1 aromatic carbocycles. The average Bonchev–Trinajstić information content (AvgIpc) is 2.49. The summed E-state index contributed by atoms with van der Waals surface area (Å²) in [5.41, 5.74) is 12.7. The van der Waals surface area contributed by atoms with Gasteiger partial charge in [0.15, 0.2) is 5.17 Å². The van der Waals surface area contributed by atoms with Gasteiger partial charge < -0.3 is 11.5 Å². The molecule has 1 unspecified atom stereocenters. The maximum Gasteiger partial charge on any atom is 0.151 e. The van der Waals surface area contributed by atoms with Crippen LogP contribution in [0.1, 0.15) is 44.6 Å². The second-order valence-corrected chi connectivity index (χ2v) is 6.11. The van der Waals surface area contributed by atoms with Crippen molar-refractivity contribution >= 4 is 51.8 Å². The SMILES string of the molecule is Br.Br.CCCC[C@@H](CCC(CN)N=C(N)S)Cc1ccccc1. The lowest BCUT2D eigenvalue weighted by molar-refractivity contribution is 0.401. The number of thiol groups is 1. The Morgan fingerprint density at radius 3 is 2.30 bits per heavy atom. The average molecular weight is 469 g/mol. The van der Waals surface area contributed by atoms with Crippen LogP contribution in [0.4, 0.5) is 0 Å². The van der Waals surface area contributed by atoms with Gasteiger partial charge in [-0.05, 0) is 30.7 Å². The molecule has 0 radical (unpaired) electrons. The van der Waals surface area contributed by atoms with Gasteiger partial charge in [-0.25, -0.2) is 0 Å². The minimum Gasteiger partial charge on any atom is -0.379 e. The van der Waals surface area contributed by atoms with E-state index in [0.29, 0.717) is 17.6 Å². The number of rotatable bonds is 10. The van der Waals surface area contributed by atoms with E-state index in [-0.39, 0.29) is 40.0 Å². The van der Waals surface area contributed by atoms with Gasteiger partial charge in [-0.15, -0.1) is 46.6 Å². The number of amidine groups is 1. The summed E-state index contributed by atoms with van der Waals surface area (Å²) in [4.78, 5) is 4.29. The van der Waals surface area contributed by atoms with E-state index >= 15 is 0 Å². The Balaban J connectivity index is 0. The summed E-state index contributed by atoms with van der Waals surface area (Å²) in [7, 11) is 0. The van der Waals surface area contributed by atoms with Crippen LogP contribution in [0.3, 0.4) is 0 Å². The molecule has 23 heavy (non-hydrogen) atoms. The fourth-order valence-corrected chi connectivity index (χ4v) is 2.80. The molecule has 1 aromatic rings. The van der Waals surface area contributed by atoms with Crippen LogP contribution in [0.25, 0.3) is 0 Å². The lowest BCUT2D eigenvalue weighted by Crippen LogP contribution is -2.22. The molecule has 0 aliphatic heterocycles. The molecule has 0 bridgehead atoms. The fraction of sp³-hybridized carbons (Fsp3) is 0.588. The first-order valence-electron chi connectivity index (χ1n) is 7.91. The van der Waals surface area contributed by atoms with Gasteiger partial charge >= 0.3 is 0 Å². The van der Waals surface area contributed by atoms with Gasteiger partial charge in [0, 0.05) is 6.54 Å². The van der Waals surface area contributed by atoms with E-state index in [1.54, 1.807) is 0 Å². The van der Waals surface area contributed by atoms with E-state index in [9.17, 15) is 0 Å². The number of hydrogen-bond donors (Lipinski definition) is 3. The third-order valence-corrected chi connectivity index (χ3v) is 3.94. The second-order valence-electron chi connectivity index (χ2n) is 5.65. The zero-order chi connectivity index (χ0) is 15.5. The highest BCUT2D eigenvalue weighted by molar-refractivity contribution is 8.93. The highest BCUT2D eigenvalue weighted by atomic mass is 79.9. The Morgan fingerprint density at radius 2 is 1.78 bits per heavy atom. The predicted molar refractivity (Wildman–Crippen MR) is 116 cm³/mol. The van der Waals surface area contributed by atoms with Gasteiger partial charge in [-0.3, -0.25) is 4.99 Å². The van der Waals surface area contributed by atoms with Crippen molar-refractivity contribution in [1.82, 2.24) is 0 Å². The minimum atomic E-state index is 0. The number of halogens is 2. The molecular formula is C17H31Br2N3S. The van der Waals surface area contributed by atoms with Crippen LogP contribution in [-0.2, 0) is 6.42 Å². The molecule has 0 amide bonds. The molecule has 0 saturated heterocycles. The van der Waals surface area contributed by atoms with Gasteiger partial charge in [0.2, 0.25) is 0 Å². The van der Waals surface area contributed by atoms with Crippen LogP contribution < -0.4 is 11.5 Å². The first kappa shape index (κ1) is 25.2. The molecule has 2 atom stereocenters. The Bertz CT molecular complexity index is 412. The zero-order valence-corrected chi connectivity index (χ0v) is 18.2. The van der Waals surface area contributed by atoms with Crippen molar-refractivity contribution < 1.29 is 0 Å². The van der Waals surface area contributed by atoms with Crippen molar-refractivity contribution in [1.29, 1.82) is 0 Å². The van der Waals surface area contributed by atoms with Gasteiger partial charge in [-0.2, -0.15) is 0 Å². The zero-order valence-electron chi connectivity index (χ0n) is 13.9. The molecule has 0 aromatic heterocycles. The standard InChI is InChI=1S/C17H29N3S.2BrH/c1-2-3-7-15(12-14-8-5-4-6-9-14)10-11-16(13-18)20-17(19)21;;/h4-6,8-9,15-16H,2-3,7,10-13,18H2,1H3,(H3,19,20,21);2*1H/t15-,16?;;/m0../s1. The molecule has 0 spiro atoms. The van der Waals surface area contributed by atoms with E-state index in [4.69, 9.17) is 11.5 Å². The number of aliphatic imine (C=N–C) groups is 1. The van der Waals surface area contributed by atoms with E-state index in [1.807, 2.05) is 0 Å². The number of unbranched alkanes of at least 4 members (excludes halogenated alkanes) is 1. The molecule has 6 heteroatoms. The molecule has 0 heterocycles. The highest BCUT2D eigenvalue weighted by Gasteiger charge is 2.13. The molecule has 0 aliphatic rings. The number of hydrogen-bond acceptors (Lipinski definition) is 2. The third kappa shape index (κ3) is 12.0. The second kappa shape index (κ2) is 15.5. The molecular weight excluding hydrogens is 438 g/mol. The fourth-order valence-electron chi connectivity index (χ4n) is 2.64. The first-order chi connectivity index (χ1) is 10.2. The maximum atomic E-state index is 5.76. The van der Waals surface area contributed by atoms with E-state index in [0.717, 1.165) is 19.3 Å².